The van der Waals surface area contributed by atoms with Gasteiger partial charge in [0.25, 0.3) is 0 Å². The smallest absolute Gasteiger partial charge is 0.177 e. The van der Waals surface area contributed by atoms with Crippen LogP contribution in [-0.4, -0.2) is 31.0 Å². The summed E-state index contributed by atoms with van der Waals surface area (Å²) in [6, 6.07) is 13.7. The van der Waals surface area contributed by atoms with Gasteiger partial charge in [0.15, 0.2) is 11.5 Å². The average molecular weight is 288 g/mol. The molecule has 6 nitrogen and oxygen atoms in total. The number of nitrogens with zero attached hydrogens (tertiary/aromatic N) is 5. The second kappa shape index (κ2) is 5.00. The molecule has 0 aliphatic rings. The molecule has 0 aliphatic carbocycles. The van der Waals surface area contributed by atoms with E-state index in [9.17, 15) is 0 Å². The first-order chi connectivity index (χ1) is 10.8. The van der Waals surface area contributed by atoms with Gasteiger partial charge in [-0.25, -0.2) is 0 Å². The van der Waals surface area contributed by atoms with Gasteiger partial charge in [-0.1, -0.05) is 12.1 Å². The van der Waals surface area contributed by atoms with Crippen LogP contribution in [0.3, 0.4) is 0 Å². The SMILES string of the molecule is N=Cc1ccc2nnc(Cc3ccc4ncccc4c3)n2n1. The fourth-order valence-electron chi connectivity index (χ4n) is 2.45. The Kier molecular flexibility index (Phi) is 2.86. The molecule has 0 unspecified atom stereocenters. The van der Waals surface area contributed by atoms with E-state index >= 15 is 0 Å². The van der Waals surface area contributed by atoms with Crippen molar-refractivity contribution >= 4 is 22.8 Å². The van der Waals surface area contributed by atoms with E-state index in [0.717, 1.165) is 22.3 Å². The van der Waals surface area contributed by atoms with Crippen molar-refractivity contribution < 1.29 is 0 Å². The summed E-state index contributed by atoms with van der Waals surface area (Å²) in [7, 11) is 0. The minimum Gasteiger partial charge on any atom is -0.306 e. The summed E-state index contributed by atoms with van der Waals surface area (Å²) in [4.78, 5) is 4.32. The third kappa shape index (κ3) is 2.10. The molecule has 0 amide bonds. The van der Waals surface area contributed by atoms with Crippen LogP contribution in [0.5, 0.6) is 0 Å². The molecule has 0 atom stereocenters. The molecular weight excluding hydrogens is 276 g/mol. The molecule has 0 fully saturated rings. The lowest BCUT2D eigenvalue weighted by molar-refractivity contribution is 0.834. The van der Waals surface area contributed by atoms with Crippen LogP contribution in [0.15, 0.2) is 48.7 Å². The van der Waals surface area contributed by atoms with Crippen LogP contribution in [0.25, 0.3) is 16.6 Å². The van der Waals surface area contributed by atoms with E-state index in [1.54, 1.807) is 16.8 Å². The molecule has 0 saturated carbocycles. The molecule has 1 aromatic carbocycles. The fourth-order valence-corrected chi connectivity index (χ4v) is 2.45. The van der Waals surface area contributed by atoms with Gasteiger partial charge in [0, 0.05) is 24.2 Å². The highest BCUT2D eigenvalue weighted by Crippen LogP contribution is 2.16. The second-order valence-electron chi connectivity index (χ2n) is 5.00. The minimum atomic E-state index is 0.580. The monoisotopic (exact) mass is 288 g/mol. The molecule has 6 heteroatoms. The topological polar surface area (TPSA) is 79.8 Å². The van der Waals surface area contributed by atoms with Crippen molar-refractivity contribution in [1.82, 2.24) is 24.8 Å². The van der Waals surface area contributed by atoms with E-state index in [4.69, 9.17) is 5.41 Å². The summed E-state index contributed by atoms with van der Waals surface area (Å²) in [5.74, 6) is 0.752. The maximum Gasteiger partial charge on any atom is 0.177 e. The molecule has 0 bridgehead atoms. The lowest BCUT2D eigenvalue weighted by Gasteiger charge is -2.03. The zero-order valence-corrected chi connectivity index (χ0v) is 11.6. The number of hydrogen-bond acceptors (Lipinski definition) is 5. The van der Waals surface area contributed by atoms with Crippen molar-refractivity contribution in [3.05, 3.63) is 65.7 Å². The summed E-state index contributed by atoms with van der Waals surface area (Å²) in [6.07, 6.45) is 3.63. The van der Waals surface area contributed by atoms with Gasteiger partial charge in [-0.2, -0.15) is 9.61 Å². The molecule has 106 valence electrons. The van der Waals surface area contributed by atoms with Gasteiger partial charge >= 0.3 is 0 Å². The lowest BCUT2D eigenvalue weighted by Crippen LogP contribution is -2.02. The van der Waals surface area contributed by atoms with Crippen molar-refractivity contribution in [2.45, 2.75) is 6.42 Å². The van der Waals surface area contributed by atoms with Crippen LogP contribution >= 0.6 is 0 Å². The first-order valence-corrected chi connectivity index (χ1v) is 6.89. The van der Waals surface area contributed by atoms with Gasteiger partial charge in [0.05, 0.1) is 5.52 Å². The largest absolute Gasteiger partial charge is 0.306 e. The predicted molar refractivity (Wildman–Crippen MR) is 83.2 cm³/mol. The van der Waals surface area contributed by atoms with E-state index in [1.807, 2.05) is 30.3 Å². The summed E-state index contributed by atoms with van der Waals surface area (Å²) in [5.41, 5.74) is 3.36. The first-order valence-electron chi connectivity index (χ1n) is 6.89. The highest BCUT2D eigenvalue weighted by Gasteiger charge is 2.08. The van der Waals surface area contributed by atoms with E-state index in [-0.39, 0.29) is 0 Å². The number of rotatable bonds is 3. The van der Waals surface area contributed by atoms with Crippen LogP contribution in [0.1, 0.15) is 17.1 Å². The predicted octanol–water partition coefficient (Wildman–Crippen LogP) is 2.26. The molecule has 3 heterocycles. The van der Waals surface area contributed by atoms with Crippen molar-refractivity contribution in [2.24, 2.45) is 0 Å². The third-order valence-electron chi connectivity index (χ3n) is 3.53. The highest BCUT2D eigenvalue weighted by atomic mass is 15.4. The third-order valence-corrected chi connectivity index (χ3v) is 3.53. The van der Waals surface area contributed by atoms with Gasteiger partial charge in [-0.3, -0.25) is 4.98 Å². The quantitative estimate of drug-likeness (QED) is 0.586. The number of aromatic nitrogens is 5. The lowest BCUT2D eigenvalue weighted by atomic mass is 10.1. The van der Waals surface area contributed by atoms with Crippen LogP contribution in [-0.2, 0) is 6.42 Å². The maximum atomic E-state index is 7.31. The van der Waals surface area contributed by atoms with Crippen LogP contribution < -0.4 is 0 Å². The van der Waals surface area contributed by atoms with Gasteiger partial charge in [-0.05, 0) is 35.9 Å². The van der Waals surface area contributed by atoms with Crippen LogP contribution in [0.4, 0.5) is 0 Å². The Balaban J connectivity index is 1.76. The van der Waals surface area contributed by atoms with E-state index in [0.29, 0.717) is 17.8 Å². The van der Waals surface area contributed by atoms with Crippen LogP contribution in [0, 0.1) is 5.41 Å². The molecule has 4 aromatic rings. The minimum absolute atomic E-state index is 0.580. The van der Waals surface area contributed by atoms with E-state index in [1.165, 1.54) is 6.21 Å². The normalized spacial score (nSPS) is 11.1. The number of fused-ring (bicyclic) bond motifs is 2. The average Bonchev–Trinajstić information content (AvgIpc) is 2.97. The zero-order valence-electron chi connectivity index (χ0n) is 11.6. The summed E-state index contributed by atoms with van der Waals surface area (Å²) >= 11 is 0. The fraction of sp³-hybridized carbons (Fsp3) is 0.0625. The number of nitrogens with one attached hydrogen (secondary N) is 1. The Bertz CT molecular complexity index is 988. The Morgan fingerprint density at radius 3 is 2.95 bits per heavy atom. The van der Waals surface area contributed by atoms with Gasteiger partial charge in [-0.15, -0.1) is 10.2 Å². The zero-order chi connectivity index (χ0) is 14.9. The summed E-state index contributed by atoms with van der Waals surface area (Å²) in [5, 5.41) is 21.1. The van der Waals surface area contributed by atoms with Crippen molar-refractivity contribution in [3.63, 3.8) is 0 Å². The number of benzene rings is 1. The van der Waals surface area contributed by atoms with Gasteiger partial charge in [0.2, 0.25) is 0 Å². The number of hydrogen-bond donors (Lipinski definition) is 1. The molecule has 0 radical (unpaired) electrons. The Morgan fingerprint density at radius 1 is 1.09 bits per heavy atom. The molecule has 0 saturated heterocycles. The molecule has 0 spiro atoms. The van der Waals surface area contributed by atoms with Crippen molar-refractivity contribution in [1.29, 1.82) is 5.41 Å². The van der Waals surface area contributed by atoms with E-state index in [2.05, 4.69) is 26.3 Å². The molecule has 0 aliphatic heterocycles. The Morgan fingerprint density at radius 2 is 2.05 bits per heavy atom. The Hall–Kier alpha value is -3.15. The summed E-state index contributed by atoms with van der Waals surface area (Å²) in [6.45, 7) is 0. The molecule has 22 heavy (non-hydrogen) atoms. The maximum absolute atomic E-state index is 7.31. The summed E-state index contributed by atoms with van der Waals surface area (Å²) < 4.78 is 1.69. The van der Waals surface area contributed by atoms with Gasteiger partial charge < -0.3 is 5.41 Å². The molecule has 4 rings (SSSR count). The second-order valence-corrected chi connectivity index (χ2v) is 5.00. The van der Waals surface area contributed by atoms with Crippen molar-refractivity contribution in [3.8, 4) is 0 Å². The number of pyridine rings is 1. The molecule has 1 N–H and O–H groups in total. The standard InChI is InChI=1S/C16H12N6/c17-10-13-4-6-15-19-20-16(22(15)21-13)9-11-3-5-14-12(8-11)2-1-7-18-14/h1-8,10,17H,9H2. The Labute approximate surface area is 126 Å². The first kappa shape index (κ1) is 12.6. The highest BCUT2D eigenvalue weighted by molar-refractivity contribution is 5.79. The molecule has 3 aromatic heterocycles. The van der Waals surface area contributed by atoms with E-state index < -0.39 is 0 Å². The van der Waals surface area contributed by atoms with Gasteiger partial charge in [0.1, 0.15) is 5.69 Å². The molecular formula is C16H12N6. The van der Waals surface area contributed by atoms with Crippen LogP contribution in [0.2, 0.25) is 0 Å². The van der Waals surface area contributed by atoms with Crippen molar-refractivity contribution in [2.75, 3.05) is 0 Å².